The van der Waals surface area contributed by atoms with Crippen LogP contribution in [0.2, 0.25) is 0 Å². The zero-order chi connectivity index (χ0) is 10.6. The third kappa shape index (κ3) is 2.52. The fraction of sp³-hybridized carbons (Fsp3) is 0.250. The van der Waals surface area contributed by atoms with E-state index < -0.39 is 5.82 Å². The van der Waals surface area contributed by atoms with Crippen molar-refractivity contribution >= 4 is 5.78 Å². The SMILES string of the molecule is CC/C=C/C(=O)c1cc(C)ccc1F. The van der Waals surface area contributed by atoms with E-state index in [0.29, 0.717) is 0 Å². The van der Waals surface area contributed by atoms with Gasteiger partial charge in [0.05, 0.1) is 5.56 Å². The van der Waals surface area contributed by atoms with Gasteiger partial charge in [0.1, 0.15) is 5.82 Å². The number of carbonyl (C=O) groups excluding carboxylic acids is 1. The predicted molar refractivity (Wildman–Crippen MR) is 54.9 cm³/mol. The fourth-order valence-electron chi connectivity index (χ4n) is 1.14. The van der Waals surface area contributed by atoms with Gasteiger partial charge in [0.2, 0.25) is 0 Å². The zero-order valence-electron chi connectivity index (χ0n) is 8.38. The summed E-state index contributed by atoms with van der Waals surface area (Å²) < 4.78 is 13.2. The third-order valence-corrected chi connectivity index (χ3v) is 1.89. The lowest BCUT2D eigenvalue weighted by molar-refractivity contribution is 0.104. The third-order valence-electron chi connectivity index (χ3n) is 1.89. The average Bonchev–Trinajstić information content (AvgIpc) is 2.18. The lowest BCUT2D eigenvalue weighted by atomic mass is 10.1. The molecule has 0 saturated carbocycles. The predicted octanol–water partition coefficient (Wildman–Crippen LogP) is 3.28. The van der Waals surface area contributed by atoms with Crippen LogP contribution in [0, 0.1) is 12.7 Å². The van der Waals surface area contributed by atoms with Crippen molar-refractivity contribution in [2.24, 2.45) is 0 Å². The van der Waals surface area contributed by atoms with Crippen LogP contribution in [0.4, 0.5) is 4.39 Å². The number of halogens is 1. The van der Waals surface area contributed by atoms with Crippen LogP contribution in [0.1, 0.15) is 29.3 Å². The molecule has 0 N–H and O–H groups in total. The smallest absolute Gasteiger partial charge is 0.188 e. The maximum absolute atomic E-state index is 13.2. The van der Waals surface area contributed by atoms with Gasteiger partial charge in [-0.2, -0.15) is 0 Å². The van der Waals surface area contributed by atoms with Crippen molar-refractivity contribution in [3.05, 3.63) is 47.3 Å². The van der Waals surface area contributed by atoms with Crippen LogP contribution >= 0.6 is 0 Å². The van der Waals surface area contributed by atoms with Crippen molar-refractivity contribution in [2.45, 2.75) is 20.3 Å². The molecule has 0 aliphatic heterocycles. The highest BCUT2D eigenvalue weighted by Gasteiger charge is 2.07. The number of rotatable bonds is 3. The number of benzene rings is 1. The molecule has 74 valence electrons. The summed E-state index contributed by atoms with van der Waals surface area (Å²) in [6.07, 6.45) is 3.92. The Morgan fingerprint density at radius 3 is 2.86 bits per heavy atom. The molecule has 0 fully saturated rings. The van der Waals surface area contributed by atoms with Gasteiger partial charge in [-0.1, -0.05) is 24.6 Å². The molecule has 0 amide bonds. The molecule has 0 aliphatic carbocycles. The molecule has 1 rings (SSSR count). The second-order valence-corrected chi connectivity index (χ2v) is 3.16. The Balaban J connectivity index is 3.00. The van der Waals surface area contributed by atoms with Crippen LogP contribution in [0.3, 0.4) is 0 Å². The maximum atomic E-state index is 13.2. The summed E-state index contributed by atoms with van der Waals surface area (Å²) in [5.74, 6) is -0.727. The molecule has 14 heavy (non-hydrogen) atoms. The Kier molecular flexibility index (Phi) is 3.57. The highest BCUT2D eigenvalue weighted by molar-refractivity contribution is 6.04. The van der Waals surface area contributed by atoms with Crippen LogP contribution in [0.5, 0.6) is 0 Å². The van der Waals surface area contributed by atoms with Gasteiger partial charge in [0, 0.05) is 0 Å². The molecule has 1 aromatic carbocycles. The molecule has 2 heteroatoms. The summed E-state index contributed by atoms with van der Waals surface area (Å²) in [5.41, 5.74) is 1.04. The molecular formula is C12H13FO. The van der Waals surface area contributed by atoms with Crippen LogP contribution in [-0.2, 0) is 0 Å². The van der Waals surface area contributed by atoms with Crippen LogP contribution in [0.15, 0.2) is 30.4 Å². The largest absolute Gasteiger partial charge is 0.289 e. The van der Waals surface area contributed by atoms with E-state index >= 15 is 0 Å². The minimum absolute atomic E-state index is 0.148. The normalized spacial score (nSPS) is 10.8. The minimum atomic E-state index is -0.457. The van der Waals surface area contributed by atoms with E-state index in [-0.39, 0.29) is 11.3 Å². The fourth-order valence-corrected chi connectivity index (χ4v) is 1.14. The van der Waals surface area contributed by atoms with Gasteiger partial charge in [-0.3, -0.25) is 4.79 Å². The first-order valence-electron chi connectivity index (χ1n) is 4.62. The summed E-state index contributed by atoms with van der Waals surface area (Å²) in [6, 6.07) is 4.54. The number of hydrogen-bond donors (Lipinski definition) is 0. The van der Waals surface area contributed by atoms with Gasteiger partial charge in [-0.25, -0.2) is 4.39 Å². The molecule has 0 atom stereocenters. The van der Waals surface area contributed by atoms with E-state index in [9.17, 15) is 9.18 Å². The second-order valence-electron chi connectivity index (χ2n) is 3.16. The van der Waals surface area contributed by atoms with Crippen molar-refractivity contribution < 1.29 is 9.18 Å². The lowest BCUT2D eigenvalue weighted by Gasteiger charge is -1.99. The topological polar surface area (TPSA) is 17.1 Å². The molecule has 0 bridgehead atoms. The molecule has 0 saturated heterocycles. The first-order chi connectivity index (χ1) is 6.65. The van der Waals surface area contributed by atoms with Gasteiger partial charge in [-0.05, 0) is 31.6 Å². The monoisotopic (exact) mass is 192 g/mol. The Hall–Kier alpha value is -1.44. The quantitative estimate of drug-likeness (QED) is 0.530. The first kappa shape index (κ1) is 10.6. The van der Waals surface area contributed by atoms with Crippen LogP contribution in [0.25, 0.3) is 0 Å². The van der Waals surface area contributed by atoms with E-state index in [0.717, 1.165) is 12.0 Å². The molecule has 0 radical (unpaired) electrons. The summed E-state index contributed by atoms with van der Waals surface area (Å²) in [6.45, 7) is 3.76. The molecular weight excluding hydrogens is 179 g/mol. The number of ketones is 1. The maximum Gasteiger partial charge on any atom is 0.188 e. The number of carbonyl (C=O) groups is 1. The van der Waals surface area contributed by atoms with Gasteiger partial charge < -0.3 is 0 Å². The number of allylic oxidation sites excluding steroid dienone is 2. The average molecular weight is 192 g/mol. The highest BCUT2D eigenvalue weighted by Crippen LogP contribution is 2.11. The summed E-state index contributed by atoms with van der Waals surface area (Å²) in [7, 11) is 0. The summed E-state index contributed by atoms with van der Waals surface area (Å²) in [5, 5.41) is 0. The van der Waals surface area contributed by atoms with Gasteiger partial charge in [-0.15, -0.1) is 0 Å². The molecule has 0 aliphatic rings. The Labute approximate surface area is 83.3 Å². The van der Waals surface area contributed by atoms with Gasteiger partial charge in [0.25, 0.3) is 0 Å². The van der Waals surface area contributed by atoms with E-state index in [1.807, 2.05) is 13.8 Å². The Morgan fingerprint density at radius 2 is 2.21 bits per heavy atom. The molecule has 1 nitrogen and oxygen atoms in total. The van der Waals surface area contributed by atoms with Crippen molar-refractivity contribution in [3.8, 4) is 0 Å². The zero-order valence-corrected chi connectivity index (χ0v) is 8.38. The number of aryl methyl sites for hydroxylation is 1. The van der Waals surface area contributed by atoms with Crippen LogP contribution in [-0.4, -0.2) is 5.78 Å². The molecule has 0 spiro atoms. The summed E-state index contributed by atoms with van der Waals surface area (Å²) in [4.78, 5) is 11.4. The number of hydrogen-bond acceptors (Lipinski definition) is 1. The Bertz CT molecular complexity index is 367. The van der Waals surface area contributed by atoms with Crippen molar-refractivity contribution in [1.82, 2.24) is 0 Å². The molecule has 1 aromatic rings. The van der Waals surface area contributed by atoms with Crippen LogP contribution < -0.4 is 0 Å². The van der Waals surface area contributed by atoms with Crippen molar-refractivity contribution in [2.75, 3.05) is 0 Å². The summed E-state index contributed by atoms with van der Waals surface area (Å²) >= 11 is 0. The molecule has 0 heterocycles. The standard InChI is InChI=1S/C12H13FO/c1-3-4-5-12(14)10-8-9(2)6-7-11(10)13/h4-8H,3H2,1-2H3/b5-4+. The van der Waals surface area contributed by atoms with E-state index in [1.54, 1.807) is 18.2 Å². The van der Waals surface area contributed by atoms with E-state index in [4.69, 9.17) is 0 Å². The van der Waals surface area contributed by atoms with Gasteiger partial charge >= 0.3 is 0 Å². The van der Waals surface area contributed by atoms with E-state index in [1.165, 1.54) is 12.1 Å². The minimum Gasteiger partial charge on any atom is -0.289 e. The molecule has 0 aromatic heterocycles. The van der Waals surface area contributed by atoms with Crippen molar-refractivity contribution in [1.29, 1.82) is 0 Å². The van der Waals surface area contributed by atoms with Crippen molar-refractivity contribution in [3.63, 3.8) is 0 Å². The van der Waals surface area contributed by atoms with Gasteiger partial charge in [0.15, 0.2) is 5.78 Å². The Morgan fingerprint density at radius 1 is 1.50 bits per heavy atom. The first-order valence-corrected chi connectivity index (χ1v) is 4.62. The highest BCUT2D eigenvalue weighted by atomic mass is 19.1. The lowest BCUT2D eigenvalue weighted by Crippen LogP contribution is -1.99. The molecule has 0 unspecified atom stereocenters. The van der Waals surface area contributed by atoms with E-state index in [2.05, 4.69) is 0 Å². The second kappa shape index (κ2) is 4.70.